The molecule has 2 aliphatic rings. The van der Waals surface area contributed by atoms with Crippen molar-refractivity contribution in [2.45, 2.75) is 144 Å². The molecule has 30 heavy (non-hydrogen) atoms. The Hall–Kier alpha value is -0.0800. The van der Waals surface area contributed by atoms with Crippen molar-refractivity contribution in [2.75, 3.05) is 13.1 Å². The molecule has 2 rings (SSSR count). The van der Waals surface area contributed by atoms with Crippen LogP contribution in [0.25, 0.3) is 0 Å². The van der Waals surface area contributed by atoms with E-state index in [-0.39, 0.29) is 0 Å². The third kappa shape index (κ3) is 10.0. The van der Waals surface area contributed by atoms with Gasteiger partial charge < -0.3 is 10.6 Å². The molecule has 0 atom stereocenters. The van der Waals surface area contributed by atoms with Gasteiger partial charge in [-0.2, -0.15) is 0 Å². The zero-order chi connectivity index (χ0) is 22.0. The van der Waals surface area contributed by atoms with Gasteiger partial charge in [0.15, 0.2) is 0 Å². The molecule has 2 fully saturated rings. The van der Waals surface area contributed by atoms with Crippen LogP contribution in [0.15, 0.2) is 0 Å². The number of hydrogen-bond donors (Lipinski definition) is 2. The van der Waals surface area contributed by atoms with E-state index in [2.05, 4.69) is 52.2 Å². The smallest absolute Gasteiger partial charge is 0.00672 e. The lowest BCUT2D eigenvalue weighted by atomic mass is 9.71. The monoisotopic (exact) mass is 420 g/mol. The van der Waals surface area contributed by atoms with E-state index in [1.165, 1.54) is 103 Å². The zero-order valence-corrected chi connectivity index (χ0v) is 21.6. The first-order valence-corrected chi connectivity index (χ1v) is 13.6. The number of rotatable bonds is 11. The van der Waals surface area contributed by atoms with E-state index < -0.39 is 0 Å². The maximum Gasteiger partial charge on any atom is 0.00672 e. The van der Waals surface area contributed by atoms with Gasteiger partial charge in [-0.1, -0.05) is 67.2 Å². The fourth-order valence-electron chi connectivity index (χ4n) is 5.90. The Labute approximate surface area is 190 Å². The molecule has 2 N–H and O–H groups in total. The van der Waals surface area contributed by atoms with Crippen molar-refractivity contribution in [1.82, 2.24) is 10.6 Å². The van der Waals surface area contributed by atoms with Gasteiger partial charge in [0.05, 0.1) is 0 Å². The Morgan fingerprint density at radius 3 is 1.07 bits per heavy atom. The standard InChI is InChI=1S/C28H56N2/c1-27(2,3)23-13-17-25(18-14-23)29-21-11-9-7-8-10-12-22-30-26-19-15-24(16-20-26)28(4,5)6/h23-26,29-30H,7-22H2,1-6H3. The minimum absolute atomic E-state index is 0.506. The molecule has 0 aliphatic heterocycles. The van der Waals surface area contributed by atoms with E-state index in [1.807, 2.05) is 0 Å². The summed E-state index contributed by atoms with van der Waals surface area (Å²) < 4.78 is 0. The molecule has 2 saturated carbocycles. The summed E-state index contributed by atoms with van der Waals surface area (Å²) in [5, 5.41) is 7.69. The summed E-state index contributed by atoms with van der Waals surface area (Å²) >= 11 is 0. The molecular formula is C28H56N2. The Balaban J connectivity index is 1.35. The van der Waals surface area contributed by atoms with Gasteiger partial charge in [-0.15, -0.1) is 0 Å². The second-order valence-corrected chi connectivity index (χ2v) is 12.9. The second-order valence-electron chi connectivity index (χ2n) is 12.9. The molecule has 0 heterocycles. The SMILES string of the molecule is CC(C)(C)C1CCC(NCCCCCCCCNC2CCC(C(C)(C)C)CC2)CC1. The van der Waals surface area contributed by atoms with Gasteiger partial charge in [-0.05, 0) is 100.0 Å². The highest BCUT2D eigenvalue weighted by atomic mass is 14.9. The Bertz CT molecular complexity index is 387. The van der Waals surface area contributed by atoms with Crippen molar-refractivity contribution in [3.8, 4) is 0 Å². The average Bonchev–Trinajstić information content (AvgIpc) is 2.69. The largest absolute Gasteiger partial charge is 0.314 e. The molecule has 2 aliphatic carbocycles. The molecule has 0 aromatic heterocycles. The normalized spacial score (nSPS) is 28.6. The zero-order valence-electron chi connectivity index (χ0n) is 21.6. The van der Waals surface area contributed by atoms with Crippen molar-refractivity contribution >= 4 is 0 Å². The van der Waals surface area contributed by atoms with Gasteiger partial charge in [-0.3, -0.25) is 0 Å². The van der Waals surface area contributed by atoms with Gasteiger partial charge in [0.1, 0.15) is 0 Å². The van der Waals surface area contributed by atoms with E-state index in [0.717, 1.165) is 23.9 Å². The highest BCUT2D eigenvalue weighted by molar-refractivity contribution is 4.84. The third-order valence-corrected chi connectivity index (χ3v) is 8.37. The maximum atomic E-state index is 3.84. The minimum Gasteiger partial charge on any atom is -0.314 e. The van der Waals surface area contributed by atoms with Crippen LogP contribution in [0, 0.1) is 22.7 Å². The molecule has 0 amide bonds. The molecule has 2 nitrogen and oxygen atoms in total. The van der Waals surface area contributed by atoms with Crippen LogP contribution in [0.1, 0.15) is 131 Å². The van der Waals surface area contributed by atoms with Crippen LogP contribution in [-0.2, 0) is 0 Å². The van der Waals surface area contributed by atoms with E-state index in [4.69, 9.17) is 0 Å². The maximum absolute atomic E-state index is 3.84. The number of unbranched alkanes of at least 4 members (excludes halogenated alkanes) is 5. The topological polar surface area (TPSA) is 24.1 Å². The summed E-state index contributed by atoms with van der Waals surface area (Å²) in [4.78, 5) is 0. The van der Waals surface area contributed by atoms with Gasteiger partial charge in [0.25, 0.3) is 0 Å². The van der Waals surface area contributed by atoms with Crippen LogP contribution in [0.2, 0.25) is 0 Å². The van der Waals surface area contributed by atoms with Gasteiger partial charge in [0.2, 0.25) is 0 Å². The Morgan fingerprint density at radius 2 is 0.767 bits per heavy atom. The minimum atomic E-state index is 0.506. The summed E-state index contributed by atoms with van der Waals surface area (Å²) in [5.41, 5.74) is 1.01. The molecular weight excluding hydrogens is 364 g/mol. The summed E-state index contributed by atoms with van der Waals surface area (Å²) in [7, 11) is 0. The predicted octanol–water partition coefficient (Wildman–Crippen LogP) is 7.72. The van der Waals surface area contributed by atoms with Crippen LogP contribution in [0.4, 0.5) is 0 Å². The molecule has 2 heteroatoms. The molecule has 0 unspecified atom stereocenters. The third-order valence-electron chi connectivity index (χ3n) is 8.37. The Kier molecular flexibility index (Phi) is 11.2. The van der Waals surface area contributed by atoms with E-state index in [1.54, 1.807) is 0 Å². The first-order valence-electron chi connectivity index (χ1n) is 13.6. The van der Waals surface area contributed by atoms with Gasteiger partial charge in [-0.25, -0.2) is 0 Å². The average molecular weight is 421 g/mol. The first kappa shape index (κ1) is 26.2. The highest BCUT2D eigenvalue weighted by Crippen LogP contribution is 2.38. The van der Waals surface area contributed by atoms with Crippen LogP contribution in [-0.4, -0.2) is 25.2 Å². The van der Waals surface area contributed by atoms with Crippen LogP contribution >= 0.6 is 0 Å². The molecule has 0 spiro atoms. The quantitative estimate of drug-likeness (QED) is 0.334. The summed E-state index contributed by atoms with van der Waals surface area (Å²) in [6.45, 7) is 17.0. The summed E-state index contributed by atoms with van der Waals surface area (Å²) in [6, 6.07) is 1.60. The molecule has 178 valence electrons. The lowest BCUT2D eigenvalue weighted by Gasteiger charge is -2.37. The first-order chi connectivity index (χ1) is 14.2. The lowest BCUT2D eigenvalue weighted by Crippen LogP contribution is -2.36. The lowest BCUT2D eigenvalue weighted by molar-refractivity contribution is 0.160. The van der Waals surface area contributed by atoms with E-state index in [0.29, 0.717) is 10.8 Å². The summed E-state index contributed by atoms with van der Waals surface area (Å²) in [6.07, 6.45) is 19.7. The fraction of sp³-hybridized carbons (Fsp3) is 1.00. The van der Waals surface area contributed by atoms with Crippen LogP contribution < -0.4 is 10.6 Å². The van der Waals surface area contributed by atoms with Gasteiger partial charge >= 0.3 is 0 Å². The predicted molar refractivity (Wildman–Crippen MR) is 134 cm³/mol. The molecule has 0 aromatic carbocycles. The van der Waals surface area contributed by atoms with Crippen molar-refractivity contribution in [1.29, 1.82) is 0 Å². The number of nitrogens with one attached hydrogen (secondary N) is 2. The summed E-state index contributed by atoms with van der Waals surface area (Å²) in [5.74, 6) is 1.87. The molecule has 0 radical (unpaired) electrons. The van der Waals surface area contributed by atoms with Gasteiger partial charge in [0, 0.05) is 12.1 Å². The fourth-order valence-corrected chi connectivity index (χ4v) is 5.90. The van der Waals surface area contributed by atoms with Crippen molar-refractivity contribution < 1.29 is 0 Å². The Morgan fingerprint density at radius 1 is 0.467 bits per heavy atom. The molecule has 0 bridgehead atoms. The van der Waals surface area contributed by atoms with E-state index in [9.17, 15) is 0 Å². The molecule has 0 saturated heterocycles. The van der Waals surface area contributed by atoms with Crippen molar-refractivity contribution in [3.05, 3.63) is 0 Å². The van der Waals surface area contributed by atoms with Crippen LogP contribution in [0.5, 0.6) is 0 Å². The second kappa shape index (κ2) is 12.8. The highest BCUT2D eigenvalue weighted by Gasteiger charge is 2.30. The molecule has 0 aromatic rings. The van der Waals surface area contributed by atoms with Crippen LogP contribution in [0.3, 0.4) is 0 Å². The van der Waals surface area contributed by atoms with Crippen molar-refractivity contribution in [2.24, 2.45) is 22.7 Å². The van der Waals surface area contributed by atoms with Crippen molar-refractivity contribution in [3.63, 3.8) is 0 Å². The van der Waals surface area contributed by atoms with E-state index >= 15 is 0 Å². The number of hydrogen-bond acceptors (Lipinski definition) is 2.